The molecule has 2 heterocycles. The third-order valence-corrected chi connectivity index (χ3v) is 12.5. The van der Waals surface area contributed by atoms with Gasteiger partial charge in [-0.3, -0.25) is 0 Å². The lowest BCUT2D eigenvalue weighted by Crippen LogP contribution is -2.57. The van der Waals surface area contributed by atoms with Gasteiger partial charge in [0.2, 0.25) is 0 Å². The molecule has 1 N–H and O–H groups in total. The summed E-state index contributed by atoms with van der Waals surface area (Å²) in [5, 5.41) is 10.3. The van der Waals surface area contributed by atoms with Gasteiger partial charge < -0.3 is 14.6 Å². The molecule has 13 unspecified atom stereocenters. The van der Waals surface area contributed by atoms with Crippen LogP contribution in [-0.4, -0.2) is 29.7 Å². The van der Waals surface area contributed by atoms with E-state index in [4.69, 9.17) is 9.47 Å². The molecule has 0 amide bonds. The van der Waals surface area contributed by atoms with Crippen LogP contribution in [0, 0.1) is 58.2 Å². The lowest BCUT2D eigenvalue weighted by Gasteiger charge is -2.63. The minimum Gasteiger partial charge on any atom is -0.393 e. The van der Waals surface area contributed by atoms with Gasteiger partial charge in [0.05, 0.1) is 18.8 Å². The third kappa shape index (κ3) is 2.75. The average molecular weight is 431 g/mol. The molecule has 0 bridgehead atoms. The summed E-state index contributed by atoms with van der Waals surface area (Å²) in [6.07, 6.45) is 11.4. The number of fused-ring (bicyclic) bond motifs is 7. The molecule has 176 valence electrons. The van der Waals surface area contributed by atoms with E-state index in [1.807, 2.05) is 0 Å². The highest BCUT2D eigenvalue weighted by molar-refractivity contribution is 5.16. The Morgan fingerprint density at radius 1 is 0.871 bits per heavy atom. The van der Waals surface area contributed by atoms with Crippen LogP contribution in [-0.2, 0) is 9.47 Å². The zero-order valence-electron chi connectivity index (χ0n) is 20.6. The molecule has 31 heavy (non-hydrogen) atoms. The van der Waals surface area contributed by atoms with Crippen molar-refractivity contribution in [2.24, 2.45) is 58.2 Å². The molecule has 0 aromatic heterocycles. The predicted molar refractivity (Wildman–Crippen MR) is 122 cm³/mol. The largest absolute Gasteiger partial charge is 0.393 e. The van der Waals surface area contributed by atoms with Gasteiger partial charge in [-0.15, -0.1) is 0 Å². The smallest absolute Gasteiger partial charge is 0.171 e. The van der Waals surface area contributed by atoms with E-state index in [-0.39, 0.29) is 11.9 Å². The van der Waals surface area contributed by atoms with Crippen molar-refractivity contribution in [1.82, 2.24) is 0 Å². The van der Waals surface area contributed by atoms with Crippen LogP contribution in [0.3, 0.4) is 0 Å². The average Bonchev–Trinajstić information content (AvgIpc) is 3.18. The topological polar surface area (TPSA) is 38.7 Å². The summed E-state index contributed by atoms with van der Waals surface area (Å²) in [4.78, 5) is 0. The Morgan fingerprint density at radius 3 is 2.42 bits per heavy atom. The monoisotopic (exact) mass is 430 g/mol. The highest BCUT2D eigenvalue weighted by atomic mass is 16.7. The van der Waals surface area contributed by atoms with Crippen LogP contribution < -0.4 is 0 Å². The summed E-state index contributed by atoms with van der Waals surface area (Å²) in [7, 11) is 0. The Morgan fingerprint density at radius 2 is 1.68 bits per heavy atom. The number of ether oxygens (including phenoxy) is 2. The second kappa shape index (κ2) is 6.95. The van der Waals surface area contributed by atoms with E-state index in [1.54, 1.807) is 0 Å². The lowest BCUT2D eigenvalue weighted by atomic mass is 9.42. The Bertz CT molecular complexity index is 713. The number of hydrogen-bond acceptors (Lipinski definition) is 3. The molecule has 6 rings (SSSR count). The van der Waals surface area contributed by atoms with Gasteiger partial charge in [0.1, 0.15) is 0 Å². The molecule has 13 atom stereocenters. The molecule has 2 aliphatic heterocycles. The number of hydrogen-bond donors (Lipinski definition) is 1. The second-order valence-electron chi connectivity index (χ2n) is 13.6. The molecule has 2 saturated heterocycles. The van der Waals surface area contributed by atoms with Gasteiger partial charge in [-0.2, -0.15) is 0 Å². The normalized spacial score (nSPS) is 63.3. The van der Waals surface area contributed by atoms with E-state index in [9.17, 15) is 5.11 Å². The number of rotatable bonds is 0. The Labute approximate surface area is 190 Å². The first-order valence-electron chi connectivity index (χ1n) is 13.7. The van der Waals surface area contributed by atoms with E-state index in [2.05, 4.69) is 34.6 Å². The number of aliphatic hydroxyl groups excluding tert-OH is 1. The first kappa shape index (κ1) is 21.4. The van der Waals surface area contributed by atoms with Crippen molar-refractivity contribution in [3.63, 3.8) is 0 Å². The van der Waals surface area contributed by atoms with Crippen molar-refractivity contribution < 1.29 is 14.6 Å². The van der Waals surface area contributed by atoms with Crippen LogP contribution >= 0.6 is 0 Å². The van der Waals surface area contributed by atoms with Crippen molar-refractivity contribution in [2.75, 3.05) is 6.61 Å². The van der Waals surface area contributed by atoms with Gasteiger partial charge >= 0.3 is 0 Å². The van der Waals surface area contributed by atoms with Crippen LogP contribution in [0.4, 0.5) is 0 Å². The first-order valence-corrected chi connectivity index (χ1v) is 13.7. The van der Waals surface area contributed by atoms with Gasteiger partial charge in [-0.05, 0) is 104 Å². The summed E-state index contributed by atoms with van der Waals surface area (Å²) < 4.78 is 13.5. The SMILES string of the molecule is CC1CCC2(OC1)OC1CC3C4CCC5CC(O)CCC5(C)C4CC(C)C3(C)C1C2C. The van der Waals surface area contributed by atoms with E-state index < -0.39 is 0 Å². The van der Waals surface area contributed by atoms with Crippen LogP contribution in [0.2, 0.25) is 0 Å². The van der Waals surface area contributed by atoms with Crippen LogP contribution in [0.1, 0.15) is 92.4 Å². The molecule has 0 aromatic carbocycles. The molecule has 3 nitrogen and oxygen atoms in total. The summed E-state index contributed by atoms with van der Waals surface area (Å²) in [5.41, 5.74) is 0.838. The van der Waals surface area contributed by atoms with E-state index in [0.29, 0.717) is 34.7 Å². The predicted octanol–water partition coefficient (Wildman–Crippen LogP) is 6.04. The fraction of sp³-hybridized carbons (Fsp3) is 1.00. The minimum atomic E-state index is -0.296. The molecule has 3 heteroatoms. The number of aliphatic hydroxyl groups is 1. The van der Waals surface area contributed by atoms with Crippen molar-refractivity contribution >= 4 is 0 Å². The molecular weight excluding hydrogens is 384 g/mol. The van der Waals surface area contributed by atoms with E-state index >= 15 is 0 Å². The molecule has 4 aliphatic carbocycles. The van der Waals surface area contributed by atoms with Crippen molar-refractivity contribution in [2.45, 2.75) is 110 Å². The quantitative estimate of drug-likeness (QED) is 0.509. The standard InChI is InChI=1S/C28H46O3/c1-16-8-11-28(30-15-16)18(3)25-24(31-28)14-23-21-7-6-19-13-20(29)9-10-26(19,4)22(21)12-17(2)27(23,25)5/h16-25,29H,6-15H2,1-5H3. The molecule has 6 aliphatic rings. The highest BCUT2D eigenvalue weighted by Gasteiger charge is 2.70. The fourth-order valence-electron chi connectivity index (χ4n) is 10.6. The van der Waals surface area contributed by atoms with Crippen molar-refractivity contribution in [3.05, 3.63) is 0 Å². The van der Waals surface area contributed by atoms with Gasteiger partial charge in [-0.25, -0.2) is 0 Å². The first-order chi connectivity index (χ1) is 14.7. The highest BCUT2D eigenvalue weighted by Crippen LogP contribution is 2.72. The molecule has 0 radical (unpaired) electrons. The summed E-state index contributed by atoms with van der Waals surface area (Å²) in [6.45, 7) is 13.5. The molecule has 4 saturated carbocycles. The van der Waals surface area contributed by atoms with E-state index in [1.165, 1.54) is 38.5 Å². The fourth-order valence-corrected chi connectivity index (χ4v) is 10.6. The van der Waals surface area contributed by atoms with E-state index in [0.717, 1.165) is 55.5 Å². The lowest BCUT2D eigenvalue weighted by molar-refractivity contribution is -0.273. The zero-order chi connectivity index (χ0) is 21.8. The molecule has 6 fully saturated rings. The van der Waals surface area contributed by atoms with Crippen LogP contribution in [0.25, 0.3) is 0 Å². The van der Waals surface area contributed by atoms with Crippen molar-refractivity contribution in [1.29, 1.82) is 0 Å². The summed E-state index contributed by atoms with van der Waals surface area (Å²) in [6, 6.07) is 0. The summed E-state index contributed by atoms with van der Waals surface area (Å²) in [5.74, 6) is 5.55. The van der Waals surface area contributed by atoms with Crippen LogP contribution in [0.15, 0.2) is 0 Å². The Balaban J connectivity index is 1.29. The molecule has 1 spiro atoms. The maximum absolute atomic E-state index is 10.3. The Hall–Kier alpha value is -0.120. The zero-order valence-corrected chi connectivity index (χ0v) is 20.6. The second-order valence-corrected chi connectivity index (χ2v) is 13.6. The van der Waals surface area contributed by atoms with Gasteiger partial charge in [0, 0.05) is 12.3 Å². The Kier molecular flexibility index (Phi) is 4.80. The molecule has 0 aromatic rings. The van der Waals surface area contributed by atoms with Gasteiger partial charge in [0.15, 0.2) is 5.79 Å². The maximum atomic E-state index is 10.3. The third-order valence-electron chi connectivity index (χ3n) is 12.5. The van der Waals surface area contributed by atoms with Gasteiger partial charge in [0.25, 0.3) is 0 Å². The minimum absolute atomic E-state index is 0.0459. The van der Waals surface area contributed by atoms with Crippen LogP contribution in [0.5, 0.6) is 0 Å². The molecular formula is C28H46O3. The maximum Gasteiger partial charge on any atom is 0.171 e. The van der Waals surface area contributed by atoms with Gasteiger partial charge in [-0.1, -0.05) is 34.6 Å². The summed E-state index contributed by atoms with van der Waals surface area (Å²) >= 11 is 0. The van der Waals surface area contributed by atoms with Crippen molar-refractivity contribution in [3.8, 4) is 0 Å².